The van der Waals surface area contributed by atoms with Gasteiger partial charge in [-0.15, -0.1) is 0 Å². The number of halogens is 1. The van der Waals surface area contributed by atoms with Crippen molar-refractivity contribution in [3.05, 3.63) is 34.3 Å². The van der Waals surface area contributed by atoms with E-state index in [1.165, 1.54) is 0 Å². The Morgan fingerprint density at radius 1 is 1.13 bits per heavy atom. The number of carbonyl (C=O) groups excluding carboxylic acids is 1. The summed E-state index contributed by atoms with van der Waals surface area (Å²) in [5, 5.41) is 0. The Hall–Kier alpha value is -0.910. The van der Waals surface area contributed by atoms with Crippen molar-refractivity contribution in [2.75, 3.05) is 33.3 Å². The maximum atomic E-state index is 12.6. The average Bonchev–Trinajstić information content (AvgIpc) is 2.61. The van der Waals surface area contributed by atoms with Gasteiger partial charge in [0.25, 0.3) is 5.91 Å². The van der Waals surface area contributed by atoms with Crippen molar-refractivity contribution >= 4 is 21.8 Å². The first-order valence-corrected chi connectivity index (χ1v) is 9.28. The number of piperidine rings is 2. The van der Waals surface area contributed by atoms with Crippen LogP contribution in [0.1, 0.15) is 36.0 Å². The second-order valence-corrected chi connectivity index (χ2v) is 7.42. The molecule has 0 N–H and O–H groups in total. The lowest BCUT2D eigenvalue weighted by atomic mass is 9.98. The fraction of sp³-hybridized carbons (Fsp3) is 0.611. The molecule has 0 spiro atoms. The minimum Gasteiger partial charge on any atom is -0.381 e. The summed E-state index contributed by atoms with van der Waals surface area (Å²) in [5.74, 6) is 0.155. The number of carbonyl (C=O) groups is 1. The van der Waals surface area contributed by atoms with Crippen LogP contribution in [0.15, 0.2) is 28.7 Å². The van der Waals surface area contributed by atoms with E-state index in [1.807, 2.05) is 36.3 Å². The van der Waals surface area contributed by atoms with Crippen LogP contribution in [-0.4, -0.2) is 61.1 Å². The van der Waals surface area contributed by atoms with Crippen LogP contribution in [0.3, 0.4) is 0 Å². The van der Waals surface area contributed by atoms with E-state index in [2.05, 4.69) is 20.8 Å². The second kappa shape index (κ2) is 7.77. The summed E-state index contributed by atoms with van der Waals surface area (Å²) in [6, 6.07) is 8.30. The number of methoxy groups -OCH3 is 1. The number of rotatable bonds is 3. The molecule has 2 aliphatic rings. The fourth-order valence-electron chi connectivity index (χ4n) is 3.71. The predicted octanol–water partition coefficient (Wildman–Crippen LogP) is 3.16. The molecule has 126 valence electrons. The zero-order valence-corrected chi connectivity index (χ0v) is 15.3. The van der Waals surface area contributed by atoms with Crippen LogP contribution in [0, 0.1) is 0 Å². The summed E-state index contributed by atoms with van der Waals surface area (Å²) < 4.78 is 6.41. The molecule has 23 heavy (non-hydrogen) atoms. The molecule has 1 aromatic carbocycles. The van der Waals surface area contributed by atoms with Gasteiger partial charge in [-0.05, 0) is 43.9 Å². The summed E-state index contributed by atoms with van der Waals surface area (Å²) in [4.78, 5) is 17.2. The van der Waals surface area contributed by atoms with Crippen molar-refractivity contribution in [2.24, 2.45) is 0 Å². The van der Waals surface area contributed by atoms with Gasteiger partial charge >= 0.3 is 0 Å². The average molecular weight is 381 g/mol. The van der Waals surface area contributed by atoms with Crippen LogP contribution in [-0.2, 0) is 4.74 Å². The standard InChI is InChI=1S/C18H25BrN2O2/c1-23-17-7-11-20(12-8-17)16-5-9-21(10-6-16)18(22)14-3-2-4-15(19)13-14/h2-4,13,16-17H,5-12H2,1H3. The Kier molecular flexibility index (Phi) is 5.72. The maximum Gasteiger partial charge on any atom is 0.253 e. The molecule has 0 atom stereocenters. The SMILES string of the molecule is COC1CCN(C2CCN(C(=O)c3cccc(Br)c3)CC2)CC1. The van der Waals surface area contributed by atoms with Crippen LogP contribution >= 0.6 is 15.9 Å². The van der Waals surface area contributed by atoms with Crippen LogP contribution < -0.4 is 0 Å². The first kappa shape index (κ1) is 16.9. The van der Waals surface area contributed by atoms with Gasteiger partial charge in [-0.2, -0.15) is 0 Å². The first-order valence-electron chi connectivity index (χ1n) is 8.49. The molecule has 1 aromatic rings. The van der Waals surface area contributed by atoms with E-state index < -0.39 is 0 Å². The Morgan fingerprint density at radius 2 is 1.83 bits per heavy atom. The van der Waals surface area contributed by atoms with E-state index in [4.69, 9.17) is 4.74 Å². The molecule has 2 saturated heterocycles. The van der Waals surface area contributed by atoms with E-state index in [1.54, 1.807) is 0 Å². The largest absolute Gasteiger partial charge is 0.381 e. The lowest BCUT2D eigenvalue weighted by Crippen LogP contribution is -2.49. The minimum atomic E-state index is 0.155. The molecule has 0 radical (unpaired) electrons. The van der Waals surface area contributed by atoms with Crippen LogP contribution in [0.5, 0.6) is 0 Å². The van der Waals surface area contributed by atoms with Crippen molar-refractivity contribution in [3.63, 3.8) is 0 Å². The summed E-state index contributed by atoms with van der Waals surface area (Å²) in [5.41, 5.74) is 0.777. The van der Waals surface area contributed by atoms with Gasteiger partial charge in [-0.25, -0.2) is 0 Å². The topological polar surface area (TPSA) is 32.8 Å². The molecule has 2 aliphatic heterocycles. The second-order valence-electron chi connectivity index (χ2n) is 6.50. The smallest absolute Gasteiger partial charge is 0.253 e. The molecule has 0 aromatic heterocycles. The Balaban J connectivity index is 1.51. The van der Waals surface area contributed by atoms with Gasteiger partial charge in [0.15, 0.2) is 0 Å². The van der Waals surface area contributed by atoms with E-state index in [9.17, 15) is 4.79 Å². The third-order valence-corrected chi connectivity index (χ3v) is 5.64. The molecular formula is C18H25BrN2O2. The number of likely N-dealkylation sites (tertiary alicyclic amines) is 2. The van der Waals surface area contributed by atoms with Gasteiger partial charge in [0.05, 0.1) is 6.10 Å². The van der Waals surface area contributed by atoms with E-state index in [0.717, 1.165) is 61.9 Å². The maximum absolute atomic E-state index is 12.6. The highest BCUT2D eigenvalue weighted by Crippen LogP contribution is 2.23. The van der Waals surface area contributed by atoms with Gasteiger partial charge in [-0.3, -0.25) is 4.79 Å². The van der Waals surface area contributed by atoms with Gasteiger partial charge < -0.3 is 14.5 Å². The summed E-state index contributed by atoms with van der Waals surface area (Å²) in [6.45, 7) is 3.98. The van der Waals surface area contributed by atoms with Crippen LogP contribution in [0.4, 0.5) is 0 Å². The first-order chi connectivity index (χ1) is 11.2. The predicted molar refractivity (Wildman–Crippen MR) is 94.7 cm³/mol. The highest BCUT2D eigenvalue weighted by atomic mass is 79.9. The Bertz CT molecular complexity index is 536. The number of benzene rings is 1. The molecule has 0 saturated carbocycles. The normalized spacial score (nSPS) is 21.6. The fourth-order valence-corrected chi connectivity index (χ4v) is 4.11. The highest BCUT2D eigenvalue weighted by molar-refractivity contribution is 9.10. The number of hydrogen-bond donors (Lipinski definition) is 0. The van der Waals surface area contributed by atoms with E-state index in [-0.39, 0.29) is 5.91 Å². The molecule has 1 amide bonds. The monoisotopic (exact) mass is 380 g/mol. The third kappa shape index (κ3) is 4.14. The number of ether oxygens (including phenoxy) is 1. The van der Waals surface area contributed by atoms with Gasteiger partial charge in [0.2, 0.25) is 0 Å². The summed E-state index contributed by atoms with van der Waals surface area (Å²) >= 11 is 3.44. The molecule has 0 unspecified atom stereocenters. The quantitative estimate of drug-likeness (QED) is 0.807. The van der Waals surface area contributed by atoms with Crippen LogP contribution in [0.25, 0.3) is 0 Å². The van der Waals surface area contributed by atoms with E-state index in [0.29, 0.717) is 12.1 Å². The van der Waals surface area contributed by atoms with E-state index >= 15 is 0 Å². The zero-order chi connectivity index (χ0) is 16.2. The van der Waals surface area contributed by atoms with Crippen molar-refractivity contribution in [1.29, 1.82) is 0 Å². The van der Waals surface area contributed by atoms with Gasteiger partial charge in [0, 0.05) is 49.4 Å². The lowest BCUT2D eigenvalue weighted by molar-refractivity contribution is 0.0145. The number of amides is 1. The zero-order valence-electron chi connectivity index (χ0n) is 13.7. The molecule has 0 aliphatic carbocycles. The van der Waals surface area contributed by atoms with Gasteiger partial charge in [0.1, 0.15) is 0 Å². The Morgan fingerprint density at radius 3 is 2.43 bits per heavy atom. The summed E-state index contributed by atoms with van der Waals surface area (Å²) in [7, 11) is 1.81. The van der Waals surface area contributed by atoms with Gasteiger partial charge in [-0.1, -0.05) is 22.0 Å². The molecule has 0 bridgehead atoms. The number of nitrogens with zero attached hydrogens (tertiary/aromatic N) is 2. The molecule has 5 heteroatoms. The van der Waals surface area contributed by atoms with Crippen molar-refractivity contribution in [2.45, 2.75) is 37.8 Å². The van der Waals surface area contributed by atoms with Crippen LogP contribution in [0.2, 0.25) is 0 Å². The summed E-state index contributed by atoms with van der Waals surface area (Å²) in [6.07, 6.45) is 4.86. The molecule has 4 nitrogen and oxygen atoms in total. The van der Waals surface area contributed by atoms with Crippen molar-refractivity contribution in [3.8, 4) is 0 Å². The highest BCUT2D eigenvalue weighted by Gasteiger charge is 2.29. The Labute approximate surface area is 146 Å². The molecule has 2 fully saturated rings. The van der Waals surface area contributed by atoms with Crippen molar-refractivity contribution in [1.82, 2.24) is 9.80 Å². The molecule has 3 rings (SSSR count). The number of hydrogen-bond acceptors (Lipinski definition) is 3. The minimum absolute atomic E-state index is 0.155. The third-order valence-electron chi connectivity index (χ3n) is 5.15. The molecule has 2 heterocycles. The lowest BCUT2D eigenvalue weighted by Gasteiger charge is -2.41. The van der Waals surface area contributed by atoms with Crippen molar-refractivity contribution < 1.29 is 9.53 Å². The molecular weight excluding hydrogens is 356 g/mol.